The van der Waals surface area contributed by atoms with Gasteiger partial charge >= 0.3 is 6.03 Å². The Hall–Kier alpha value is -1.96. The fraction of sp³-hybridized carbons (Fsp3) is 0.733. The minimum absolute atomic E-state index is 0.129. The van der Waals surface area contributed by atoms with E-state index in [1.54, 1.807) is 0 Å². The Bertz CT molecular complexity index is 619. The van der Waals surface area contributed by atoms with Gasteiger partial charge in [-0.2, -0.15) is 0 Å². The van der Waals surface area contributed by atoms with E-state index in [1.807, 2.05) is 4.57 Å². The number of hydrogen-bond donors (Lipinski definition) is 1. The van der Waals surface area contributed by atoms with Gasteiger partial charge in [-0.15, -0.1) is 10.2 Å². The van der Waals surface area contributed by atoms with E-state index < -0.39 is 6.04 Å². The van der Waals surface area contributed by atoms with E-state index in [9.17, 15) is 9.59 Å². The summed E-state index contributed by atoms with van der Waals surface area (Å²) in [6.45, 7) is 8.18. The molecule has 1 atom stereocenters. The second kappa shape index (κ2) is 5.92. The number of carbonyl (C=O) groups is 2. The van der Waals surface area contributed by atoms with Crippen LogP contribution in [0.15, 0.2) is 0 Å². The molecule has 126 valence electrons. The van der Waals surface area contributed by atoms with Crippen molar-refractivity contribution in [3.63, 3.8) is 0 Å². The highest BCUT2D eigenvalue weighted by atomic mass is 16.5. The monoisotopic (exact) mass is 321 g/mol. The number of carbonyl (C=O) groups excluding carboxylic acids is 2. The minimum atomic E-state index is -0.436. The van der Waals surface area contributed by atoms with Gasteiger partial charge in [0.2, 0.25) is 0 Å². The average molecular weight is 321 g/mol. The molecule has 1 aromatic rings. The summed E-state index contributed by atoms with van der Waals surface area (Å²) in [5, 5.41) is 10.9. The molecule has 1 unspecified atom stereocenters. The van der Waals surface area contributed by atoms with Crippen molar-refractivity contribution in [1.29, 1.82) is 0 Å². The molecule has 3 heterocycles. The van der Waals surface area contributed by atoms with Gasteiger partial charge in [-0.1, -0.05) is 20.8 Å². The van der Waals surface area contributed by atoms with Crippen LogP contribution in [0.1, 0.15) is 45.3 Å². The maximum Gasteiger partial charge on any atom is 0.325 e. The number of aromatic nitrogens is 3. The number of amides is 3. The summed E-state index contributed by atoms with van der Waals surface area (Å²) in [6.07, 6.45) is 1.52. The van der Waals surface area contributed by atoms with Gasteiger partial charge in [-0.3, -0.25) is 9.69 Å². The van der Waals surface area contributed by atoms with Crippen LogP contribution in [0.25, 0.3) is 0 Å². The SMILES string of the molecule is CC(C)(C)CCC1NC(=O)N(Cc2nnc3n2CCOC3)C1=O. The largest absolute Gasteiger partial charge is 0.372 e. The summed E-state index contributed by atoms with van der Waals surface area (Å²) >= 11 is 0. The smallest absolute Gasteiger partial charge is 0.325 e. The molecule has 3 amide bonds. The van der Waals surface area contributed by atoms with Crippen LogP contribution in [0, 0.1) is 5.41 Å². The summed E-state index contributed by atoms with van der Waals surface area (Å²) in [5.74, 6) is 1.19. The molecule has 1 saturated heterocycles. The molecule has 8 heteroatoms. The second-order valence-electron chi connectivity index (χ2n) is 7.26. The van der Waals surface area contributed by atoms with Crippen LogP contribution in [0.5, 0.6) is 0 Å². The third kappa shape index (κ3) is 3.36. The number of urea groups is 1. The van der Waals surface area contributed by atoms with Crippen molar-refractivity contribution in [3.8, 4) is 0 Å². The molecular formula is C15H23N5O3. The number of hydrogen-bond acceptors (Lipinski definition) is 5. The van der Waals surface area contributed by atoms with E-state index in [4.69, 9.17) is 4.74 Å². The highest BCUT2D eigenvalue weighted by Crippen LogP contribution is 2.24. The number of ether oxygens (including phenoxy) is 1. The van der Waals surface area contributed by atoms with Gasteiger partial charge in [0.05, 0.1) is 13.2 Å². The Balaban J connectivity index is 1.67. The molecule has 0 spiro atoms. The van der Waals surface area contributed by atoms with E-state index in [0.717, 1.165) is 12.2 Å². The zero-order valence-electron chi connectivity index (χ0n) is 13.8. The molecule has 1 fully saturated rings. The van der Waals surface area contributed by atoms with Crippen LogP contribution in [-0.2, 0) is 29.2 Å². The predicted octanol–water partition coefficient (Wildman–Crippen LogP) is 1.05. The van der Waals surface area contributed by atoms with E-state index in [0.29, 0.717) is 32.0 Å². The molecular weight excluding hydrogens is 298 g/mol. The van der Waals surface area contributed by atoms with Crippen molar-refractivity contribution in [1.82, 2.24) is 25.0 Å². The number of imide groups is 1. The molecule has 2 aliphatic heterocycles. The highest BCUT2D eigenvalue weighted by molar-refractivity contribution is 6.04. The highest BCUT2D eigenvalue weighted by Gasteiger charge is 2.39. The van der Waals surface area contributed by atoms with Crippen LogP contribution >= 0.6 is 0 Å². The molecule has 0 aromatic carbocycles. The maximum atomic E-state index is 12.5. The standard InChI is InChI=1S/C15H23N5O3/c1-15(2,3)5-4-10-13(21)20(14(22)16-10)8-11-17-18-12-9-23-7-6-19(11)12/h10H,4-9H2,1-3H3,(H,16,22). The average Bonchev–Trinajstić information content (AvgIpc) is 3.01. The van der Waals surface area contributed by atoms with Crippen LogP contribution < -0.4 is 5.32 Å². The van der Waals surface area contributed by atoms with Crippen molar-refractivity contribution >= 4 is 11.9 Å². The summed E-state index contributed by atoms with van der Waals surface area (Å²) in [4.78, 5) is 25.8. The Labute approximate surface area is 135 Å². The second-order valence-corrected chi connectivity index (χ2v) is 7.26. The lowest BCUT2D eigenvalue weighted by atomic mass is 9.89. The summed E-state index contributed by atoms with van der Waals surface area (Å²) in [6, 6.07) is -0.785. The van der Waals surface area contributed by atoms with Gasteiger partial charge in [-0.25, -0.2) is 4.79 Å². The Morgan fingerprint density at radius 1 is 1.30 bits per heavy atom. The minimum Gasteiger partial charge on any atom is -0.372 e. The molecule has 2 aliphatic rings. The summed E-state index contributed by atoms with van der Waals surface area (Å²) in [5.41, 5.74) is 0.129. The molecule has 8 nitrogen and oxygen atoms in total. The Morgan fingerprint density at radius 3 is 2.83 bits per heavy atom. The fourth-order valence-electron chi connectivity index (χ4n) is 2.81. The number of fused-ring (bicyclic) bond motifs is 1. The van der Waals surface area contributed by atoms with Gasteiger partial charge in [0.25, 0.3) is 5.91 Å². The third-order valence-electron chi connectivity index (χ3n) is 4.18. The van der Waals surface area contributed by atoms with Crippen molar-refractivity contribution in [2.24, 2.45) is 5.41 Å². The normalized spacial score (nSPS) is 21.5. The number of rotatable bonds is 4. The summed E-state index contributed by atoms with van der Waals surface area (Å²) in [7, 11) is 0. The van der Waals surface area contributed by atoms with Gasteiger partial charge in [0.15, 0.2) is 11.6 Å². The predicted molar refractivity (Wildman–Crippen MR) is 81.2 cm³/mol. The molecule has 0 saturated carbocycles. The van der Waals surface area contributed by atoms with E-state index >= 15 is 0 Å². The van der Waals surface area contributed by atoms with Gasteiger partial charge in [0, 0.05) is 6.54 Å². The number of nitrogens with zero attached hydrogens (tertiary/aromatic N) is 4. The molecule has 0 bridgehead atoms. The number of nitrogens with one attached hydrogen (secondary N) is 1. The summed E-state index contributed by atoms with van der Waals surface area (Å²) < 4.78 is 7.24. The molecule has 23 heavy (non-hydrogen) atoms. The fourth-order valence-corrected chi connectivity index (χ4v) is 2.81. The topological polar surface area (TPSA) is 89.3 Å². The maximum absolute atomic E-state index is 12.5. The van der Waals surface area contributed by atoms with Crippen molar-refractivity contribution in [3.05, 3.63) is 11.6 Å². The van der Waals surface area contributed by atoms with Crippen molar-refractivity contribution in [2.75, 3.05) is 6.61 Å². The van der Waals surface area contributed by atoms with E-state index in [-0.39, 0.29) is 23.9 Å². The van der Waals surface area contributed by atoms with Crippen LogP contribution in [-0.4, -0.2) is 44.3 Å². The first-order valence-electron chi connectivity index (χ1n) is 7.96. The van der Waals surface area contributed by atoms with Crippen LogP contribution in [0.3, 0.4) is 0 Å². The van der Waals surface area contributed by atoms with E-state index in [1.165, 1.54) is 4.90 Å². The quantitative estimate of drug-likeness (QED) is 0.838. The lowest BCUT2D eigenvalue weighted by Crippen LogP contribution is -2.33. The lowest BCUT2D eigenvalue weighted by molar-refractivity contribution is -0.128. The van der Waals surface area contributed by atoms with Crippen LogP contribution in [0.2, 0.25) is 0 Å². The molecule has 1 aromatic heterocycles. The first-order chi connectivity index (χ1) is 10.8. The molecule has 1 N–H and O–H groups in total. The van der Waals surface area contributed by atoms with Gasteiger partial charge in [-0.05, 0) is 18.3 Å². The first-order valence-corrected chi connectivity index (χ1v) is 7.96. The Morgan fingerprint density at radius 2 is 2.09 bits per heavy atom. The van der Waals surface area contributed by atoms with Gasteiger partial charge in [0.1, 0.15) is 12.6 Å². The Kier molecular flexibility index (Phi) is 4.09. The van der Waals surface area contributed by atoms with Gasteiger partial charge < -0.3 is 14.6 Å². The lowest BCUT2D eigenvalue weighted by Gasteiger charge is -2.20. The van der Waals surface area contributed by atoms with Crippen molar-refractivity contribution in [2.45, 2.75) is 59.4 Å². The molecule has 3 rings (SSSR count). The molecule has 0 aliphatic carbocycles. The zero-order chi connectivity index (χ0) is 16.6. The molecule has 0 radical (unpaired) electrons. The zero-order valence-corrected chi connectivity index (χ0v) is 13.8. The third-order valence-corrected chi connectivity index (χ3v) is 4.18. The van der Waals surface area contributed by atoms with Crippen LogP contribution in [0.4, 0.5) is 4.79 Å². The van der Waals surface area contributed by atoms with Crippen molar-refractivity contribution < 1.29 is 14.3 Å². The van der Waals surface area contributed by atoms with E-state index in [2.05, 4.69) is 36.3 Å². The first kappa shape index (κ1) is 15.9.